The molecule has 1 N–H and O–H groups in total. The van der Waals surface area contributed by atoms with Crippen molar-refractivity contribution < 1.29 is 17.9 Å². The van der Waals surface area contributed by atoms with E-state index in [-0.39, 0.29) is 22.4 Å². The average molecular weight is 457 g/mol. The number of aryl methyl sites for hydroxylation is 1. The SMILES string of the molecule is COc1ccc(S(=O)(=O)N2CCCC(C(=O)Nc3ccc(Cl)cc3C)C2)cc1Cl. The molecule has 1 fully saturated rings. The van der Waals surface area contributed by atoms with Crippen molar-refractivity contribution in [2.45, 2.75) is 24.7 Å². The summed E-state index contributed by atoms with van der Waals surface area (Å²) in [4.78, 5) is 12.8. The molecule has 1 unspecified atom stereocenters. The molecule has 156 valence electrons. The predicted molar refractivity (Wildman–Crippen MR) is 114 cm³/mol. The second-order valence-electron chi connectivity index (χ2n) is 6.95. The summed E-state index contributed by atoms with van der Waals surface area (Å²) in [6.45, 7) is 2.33. The van der Waals surface area contributed by atoms with Crippen molar-refractivity contribution in [1.82, 2.24) is 4.31 Å². The maximum atomic E-state index is 13.0. The Labute approximate surface area is 180 Å². The Kier molecular flexibility index (Phi) is 6.73. The van der Waals surface area contributed by atoms with Gasteiger partial charge in [-0.1, -0.05) is 23.2 Å². The largest absolute Gasteiger partial charge is 0.495 e. The molecule has 0 bridgehead atoms. The average Bonchev–Trinajstić information content (AvgIpc) is 2.70. The fourth-order valence-corrected chi connectivity index (χ4v) is 5.43. The van der Waals surface area contributed by atoms with Gasteiger partial charge in [-0.3, -0.25) is 4.79 Å². The number of anilines is 1. The van der Waals surface area contributed by atoms with Crippen LogP contribution in [0, 0.1) is 12.8 Å². The summed E-state index contributed by atoms with van der Waals surface area (Å²) >= 11 is 12.0. The number of methoxy groups -OCH3 is 1. The van der Waals surface area contributed by atoms with Crippen LogP contribution in [-0.4, -0.2) is 38.8 Å². The number of piperidine rings is 1. The summed E-state index contributed by atoms with van der Waals surface area (Å²) in [5.41, 5.74) is 1.51. The van der Waals surface area contributed by atoms with Crippen molar-refractivity contribution in [3.05, 3.63) is 52.0 Å². The zero-order valence-corrected chi connectivity index (χ0v) is 18.4. The third kappa shape index (κ3) is 4.86. The highest BCUT2D eigenvalue weighted by Crippen LogP contribution is 2.30. The second-order valence-corrected chi connectivity index (χ2v) is 9.73. The van der Waals surface area contributed by atoms with E-state index < -0.39 is 15.9 Å². The Hall–Kier alpha value is -1.80. The number of halogens is 2. The third-order valence-corrected chi connectivity index (χ3v) is 7.35. The van der Waals surface area contributed by atoms with Crippen LogP contribution in [0.3, 0.4) is 0 Å². The number of nitrogens with zero attached hydrogens (tertiary/aromatic N) is 1. The zero-order chi connectivity index (χ0) is 21.2. The molecule has 1 heterocycles. The lowest BCUT2D eigenvalue weighted by Gasteiger charge is -2.31. The van der Waals surface area contributed by atoms with Crippen molar-refractivity contribution in [1.29, 1.82) is 0 Å². The van der Waals surface area contributed by atoms with Crippen molar-refractivity contribution in [3.8, 4) is 5.75 Å². The standard InChI is InChI=1S/C20H22Cl2N2O4S/c1-13-10-15(21)5-7-18(13)23-20(25)14-4-3-9-24(12-14)29(26,27)16-6-8-19(28-2)17(22)11-16/h5-8,10-11,14H,3-4,9,12H2,1-2H3,(H,23,25). The number of sulfonamides is 1. The van der Waals surface area contributed by atoms with E-state index in [9.17, 15) is 13.2 Å². The first kappa shape index (κ1) is 21.9. The molecule has 0 aromatic heterocycles. The topological polar surface area (TPSA) is 75.7 Å². The van der Waals surface area contributed by atoms with Gasteiger partial charge in [0, 0.05) is 23.8 Å². The molecule has 0 aliphatic carbocycles. The van der Waals surface area contributed by atoms with E-state index in [0.29, 0.717) is 35.8 Å². The number of benzene rings is 2. The fourth-order valence-electron chi connectivity index (χ4n) is 3.33. The molecule has 0 spiro atoms. The fraction of sp³-hybridized carbons (Fsp3) is 0.350. The van der Waals surface area contributed by atoms with E-state index in [0.717, 1.165) is 5.56 Å². The van der Waals surface area contributed by atoms with Crippen molar-refractivity contribution >= 4 is 44.8 Å². The Morgan fingerprint density at radius 1 is 1.21 bits per heavy atom. The monoisotopic (exact) mass is 456 g/mol. The number of carbonyl (C=O) groups is 1. The van der Waals surface area contributed by atoms with Gasteiger partial charge in [0.1, 0.15) is 5.75 Å². The second kappa shape index (κ2) is 8.92. The molecule has 0 radical (unpaired) electrons. The Bertz CT molecular complexity index is 1030. The first-order valence-electron chi connectivity index (χ1n) is 9.13. The number of nitrogens with one attached hydrogen (secondary N) is 1. The lowest BCUT2D eigenvalue weighted by Crippen LogP contribution is -2.43. The maximum Gasteiger partial charge on any atom is 0.243 e. The number of rotatable bonds is 5. The van der Waals surface area contributed by atoms with Crippen molar-refractivity contribution in [2.24, 2.45) is 5.92 Å². The van der Waals surface area contributed by atoms with Crippen LogP contribution < -0.4 is 10.1 Å². The van der Waals surface area contributed by atoms with Crippen LogP contribution in [0.2, 0.25) is 10.0 Å². The van der Waals surface area contributed by atoms with E-state index in [4.69, 9.17) is 27.9 Å². The lowest BCUT2D eigenvalue weighted by atomic mass is 9.98. The molecular formula is C20H22Cl2N2O4S. The molecule has 1 atom stereocenters. The summed E-state index contributed by atoms with van der Waals surface area (Å²) in [5.74, 6) is -0.245. The Morgan fingerprint density at radius 2 is 1.97 bits per heavy atom. The van der Waals surface area contributed by atoms with Gasteiger partial charge in [-0.25, -0.2) is 8.42 Å². The molecule has 2 aromatic rings. The Morgan fingerprint density at radius 3 is 2.62 bits per heavy atom. The number of hydrogen-bond acceptors (Lipinski definition) is 4. The summed E-state index contributed by atoms with van der Waals surface area (Å²) in [6.07, 6.45) is 1.22. The zero-order valence-electron chi connectivity index (χ0n) is 16.1. The first-order chi connectivity index (χ1) is 13.7. The highest BCUT2D eigenvalue weighted by molar-refractivity contribution is 7.89. The maximum absolute atomic E-state index is 13.0. The Balaban J connectivity index is 1.75. The molecule has 1 amide bonds. The van der Waals surface area contributed by atoms with E-state index in [2.05, 4.69) is 5.32 Å². The van der Waals surface area contributed by atoms with Crippen molar-refractivity contribution in [3.63, 3.8) is 0 Å². The van der Waals surface area contributed by atoms with E-state index in [1.807, 2.05) is 6.92 Å². The summed E-state index contributed by atoms with van der Waals surface area (Å²) in [7, 11) is -2.30. The normalized spacial score (nSPS) is 17.7. The molecule has 1 aliphatic heterocycles. The molecular weight excluding hydrogens is 435 g/mol. The first-order valence-corrected chi connectivity index (χ1v) is 11.3. The van der Waals surface area contributed by atoms with Gasteiger partial charge >= 0.3 is 0 Å². The van der Waals surface area contributed by atoms with Crippen LogP contribution in [0.1, 0.15) is 18.4 Å². The van der Waals surface area contributed by atoms with Crippen LogP contribution in [-0.2, 0) is 14.8 Å². The number of hydrogen-bond donors (Lipinski definition) is 1. The molecule has 3 rings (SSSR count). The number of ether oxygens (including phenoxy) is 1. The minimum atomic E-state index is -3.77. The van der Waals surface area contributed by atoms with E-state index >= 15 is 0 Å². The molecule has 2 aromatic carbocycles. The van der Waals surface area contributed by atoms with Gasteiger partial charge in [-0.15, -0.1) is 0 Å². The molecule has 1 aliphatic rings. The molecule has 6 nitrogen and oxygen atoms in total. The summed E-state index contributed by atoms with van der Waals surface area (Å²) < 4.78 is 32.5. The minimum Gasteiger partial charge on any atom is -0.495 e. The van der Waals surface area contributed by atoms with Crippen LogP contribution in [0.15, 0.2) is 41.3 Å². The van der Waals surface area contributed by atoms with Gasteiger partial charge in [0.15, 0.2) is 0 Å². The van der Waals surface area contributed by atoms with Gasteiger partial charge in [0.25, 0.3) is 0 Å². The third-order valence-electron chi connectivity index (χ3n) is 4.96. The van der Waals surface area contributed by atoms with E-state index in [1.165, 1.54) is 29.6 Å². The number of carbonyl (C=O) groups excluding carboxylic acids is 1. The van der Waals surface area contributed by atoms with Gasteiger partial charge in [-0.2, -0.15) is 4.31 Å². The minimum absolute atomic E-state index is 0.0814. The van der Waals surface area contributed by atoms with Crippen molar-refractivity contribution in [2.75, 3.05) is 25.5 Å². The van der Waals surface area contributed by atoms with Gasteiger partial charge < -0.3 is 10.1 Å². The molecule has 29 heavy (non-hydrogen) atoms. The van der Waals surface area contributed by atoms with Crippen LogP contribution in [0.4, 0.5) is 5.69 Å². The van der Waals surface area contributed by atoms with Crippen LogP contribution in [0.5, 0.6) is 5.75 Å². The molecule has 9 heteroatoms. The number of amides is 1. The highest BCUT2D eigenvalue weighted by atomic mass is 35.5. The van der Waals surface area contributed by atoms with Gasteiger partial charge in [0.05, 0.1) is 22.9 Å². The molecule has 0 saturated carbocycles. The lowest BCUT2D eigenvalue weighted by molar-refractivity contribution is -0.120. The predicted octanol–water partition coefficient (Wildman–Crippen LogP) is 4.35. The van der Waals surface area contributed by atoms with Gasteiger partial charge in [-0.05, 0) is 61.7 Å². The van der Waals surface area contributed by atoms with E-state index in [1.54, 1.807) is 18.2 Å². The van der Waals surface area contributed by atoms with Crippen LogP contribution >= 0.6 is 23.2 Å². The summed E-state index contributed by atoms with van der Waals surface area (Å²) in [6, 6.07) is 9.56. The molecule has 1 saturated heterocycles. The quantitative estimate of drug-likeness (QED) is 0.725. The van der Waals surface area contributed by atoms with Crippen LogP contribution in [0.25, 0.3) is 0 Å². The van der Waals surface area contributed by atoms with Gasteiger partial charge in [0.2, 0.25) is 15.9 Å². The smallest absolute Gasteiger partial charge is 0.243 e. The summed E-state index contributed by atoms with van der Waals surface area (Å²) in [5, 5.41) is 3.70. The highest BCUT2D eigenvalue weighted by Gasteiger charge is 2.33.